The van der Waals surface area contributed by atoms with Crippen LogP contribution < -0.4 is 15.4 Å². The van der Waals surface area contributed by atoms with Crippen molar-refractivity contribution in [1.82, 2.24) is 30.0 Å². The Balaban J connectivity index is 1.53. The zero-order valence-corrected chi connectivity index (χ0v) is 24.3. The number of carbonyl (C=O) groups excluding carboxylic acids is 3. The maximum absolute atomic E-state index is 13.4. The summed E-state index contributed by atoms with van der Waals surface area (Å²) in [5.41, 5.74) is 0.256. The molecule has 0 fully saturated rings. The molecule has 0 spiro atoms. The molecule has 2 aromatic carbocycles. The minimum Gasteiger partial charge on any atom is -0.488 e. The third-order valence-electron chi connectivity index (χ3n) is 7.16. The number of alkyl halides is 3. The van der Waals surface area contributed by atoms with Gasteiger partial charge in [-0.1, -0.05) is 6.92 Å². The molecule has 16 heteroatoms. The molecule has 3 N–H and O–H groups in total. The lowest BCUT2D eigenvalue weighted by Gasteiger charge is -2.34. The summed E-state index contributed by atoms with van der Waals surface area (Å²) in [7, 11) is 1.52. The SMILES string of the molecule is C[C@H](CO)N1C[C@H](C)[C@H](CN(C)C(=O)Nc2ccc(C(F)(F)F)cc2)Oc2ccc(NC(=O)Cn3cnnn3)cc2CC1=O. The van der Waals surface area contributed by atoms with Gasteiger partial charge >= 0.3 is 12.2 Å². The van der Waals surface area contributed by atoms with Crippen molar-refractivity contribution in [2.24, 2.45) is 5.92 Å². The van der Waals surface area contributed by atoms with Crippen LogP contribution in [0.4, 0.5) is 29.3 Å². The number of hydrogen-bond acceptors (Lipinski definition) is 8. The monoisotopic (exact) mass is 618 g/mol. The molecular formula is C28H33F3N8O5. The molecule has 0 saturated carbocycles. The van der Waals surface area contributed by atoms with Gasteiger partial charge in [0.15, 0.2) is 0 Å². The van der Waals surface area contributed by atoms with E-state index < -0.39 is 35.8 Å². The number of nitrogens with zero attached hydrogens (tertiary/aromatic N) is 6. The Labute approximate surface area is 251 Å². The number of amides is 4. The van der Waals surface area contributed by atoms with Gasteiger partial charge in [0.05, 0.1) is 31.2 Å². The highest BCUT2D eigenvalue weighted by Crippen LogP contribution is 2.31. The van der Waals surface area contributed by atoms with Gasteiger partial charge in [0.1, 0.15) is 24.7 Å². The predicted octanol–water partition coefficient (Wildman–Crippen LogP) is 2.64. The Morgan fingerprint density at radius 1 is 1.16 bits per heavy atom. The van der Waals surface area contributed by atoms with E-state index in [0.29, 0.717) is 17.0 Å². The van der Waals surface area contributed by atoms with E-state index >= 15 is 0 Å². The lowest BCUT2D eigenvalue weighted by atomic mass is 10.0. The molecule has 13 nitrogen and oxygen atoms in total. The molecule has 1 aliphatic rings. The molecule has 3 aromatic rings. The maximum atomic E-state index is 13.4. The van der Waals surface area contributed by atoms with Crippen LogP contribution in [0.1, 0.15) is 25.0 Å². The second-order valence-electron chi connectivity index (χ2n) is 10.7. The molecule has 2 heterocycles. The van der Waals surface area contributed by atoms with Gasteiger partial charge in [-0.15, -0.1) is 5.10 Å². The molecule has 1 aliphatic heterocycles. The number of hydrogen-bond donors (Lipinski definition) is 3. The molecule has 4 rings (SSSR count). The van der Waals surface area contributed by atoms with E-state index in [1.165, 1.54) is 35.1 Å². The van der Waals surface area contributed by atoms with Crippen LogP contribution in [0.3, 0.4) is 0 Å². The number of tetrazole rings is 1. The van der Waals surface area contributed by atoms with Crippen LogP contribution in [0.5, 0.6) is 5.75 Å². The van der Waals surface area contributed by atoms with Crippen LogP contribution in [-0.4, -0.2) is 91.8 Å². The number of ether oxygens (including phenoxy) is 1. The lowest BCUT2D eigenvalue weighted by Crippen LogP contribution is -2.48. The molecule has 0 bridgehead atoms. The second kappa shape index (κ2) is 13.7. The number of carbonyl (C=O) groups is 3. The van der Waals surface area contributed by atoms with Gasteiger partial charge in [0.25, 0.3) is 0 Å². The standard InChI is InChI=1S/C28H33F3N8O5/c1-17-12-39(18(2)15-40)26(42)11-19-10-22(33-25(41)14-38-16-32-35-36-38)8-9-23(19)44-24(17)13-37(3)27(43)34-21-6-4-20(5-7-21)28(29,30)31/h4-10,16-18,24,40H,11-15H2,1-3H3,(H,33,41)(H,34,43)/t17-,18+,24-/m0/s1. The molecule has 0 saturated heterocycles. The van der Waals surface area contributed by atoms with Crippen molar-refractivity contribution in [2.45, 2.75) is 45.1 Å². The Morgan fingerprint density at radius 3 is 2.50 bits per heavy atom. The zero-order chi connectivity index (χ0) is 32.0. The Hall–Kier alpha value is -4.73. The first-order chi connectivity index (χ1) is 20.8. The number of benzene rings is 2. The molecule has 0 unspecified atom stereocenters. The molecule has 0 radical (unpaired) electrons. The van der Waals surface area contributed by atoms with Crippen molar-refractivity contribution in [3.63, 3.8) is 0 Å². The van der Waals surface area contributed by atoms with E-state index in [1.807, 2.05) is 6.92 Å². The predicted molar refractivity (Wildman–Crippen MR) is 152 cm³/mol. The van der Waals surface area contributed by atoms with E-state index in [1.54, 1.807) is 30.0 Å². The zero-order valence-electron chi connectivity index (χ0n) is 24.3. The van der Waals surface area contributed by atoms with Crippen LogP contribution in [0.25, 0.3) is 0 Å². The van der Waals surface area contributed by atoms with Gasteiger partial charge in [-0.3, -0.25) is 9.59 Å². The van der Waals surface area contributed by atoms with Gasteiger partial charge in [0, 0.05) is 36.4 Å². The normalized spacial score (nSPS) is 17.8. The van der Waals surface area contributed by atoms with Crippen LogP contribution >= 0.6 is 0 Å². The van der Waals surface area contributed by atoms with Gasteiger partial charge < -0.3 is 30.3 Å². The summed E-state index contributed by atoms with van der Waals surface area (Å²) < 4.78 is 46.3. The molecule has 1 aromatic heterocycles. The first-order valence-corrected chi connectivity index (χ1v) is 13.7. The largest absolute Gasteiger partial charge is 0.488 e. The lowest BCUT2D eigenvalue weighted by molar-refractivity contribution is -0.137. The number of rotatable bonds is 8. The maximum Gasteiger partial charge on any atom is 0.416 e. The number of aliphatic hydroxyl groups excluding tert-OH is 1. The first kappa shape index (κ1) is 32.2. The number of anilines is 2. The average molecular weight is 619 g/mol. The van der Waals surface area contributed by atoms with Gasteiger partial charge in [-0.2, -0.15) is 13.2 Å². The summed E-state index contributed by atoms with van der Waals surface area (Å²) in [5, 5.41) is 25.8. The Kier molecular flexibility index (Phi) is 10.0. The number of urea groups is 1. The van der Waals surface area contributed by atoms with Crippen LogP contribution in [0.15, 0.2) is 48.8 Å². The molecule has 236 valence electrons. The summed E-state index contributed by atoms with van der Waals surface area (Å²) in [6.07, 6.45) is -3.89. The number of nitrogens with one attached hydrogen (secondary N) is 2. The number of aromatic nitrogens is 4. The van der Waals surface area contributed by atoms with Gasteiger partial charge in [-0.25, -0.2) is 9.48 Å². The molecule has 4 amide bonds. The number of likely N-dealkylation sites (N-methyl/N-ethyl adjacent to an activating group) is 1. The molecule has 44 heavy (non-hydrogen) atoms. The van der Waals surface area contributed by atoms with Crippen LogP contribution in [0, 0.1) is 5.92 Å². The van der Waals surface area contributed by atoms with Crippen molar-refractivity contribution in [3.8, 4) is 5.75 Å². The highest BCUT2D eigenvalue weighted by atomic mass is 19.4. The summed E-state index contributed by atoms with van der Waals surface area (Å²) in [4.78, 5) is 41.7. The van der Waals surface area contributed by atoms with Crippen LogP contribution in [0.2, 0.25) is 0 Å². The van der Waals surface area contributed by atoms with Crippen molar-refractivity contribution < 1.29 is 37.4 Å². The van der Waals surface area contributed by atoms with Crippen LogP contribution in [-0.2, 0) is 28.7 Å². The third-order valence-corrected chi connectivity index (χ3v) is 7.16. The Morgan fingerprint density at radius 2 is 1.86 bits per heavy atom. The minimum atomic E-state index is -4.50. The summed E-state index contributed by atoms with van der Waals surface area (Å²) in [5.74, 6) is -0.579. The molecule has 3 atom stereocenters. The van der Waals surface area contributed by atoms with Crippen molar-refractivity contribution >= 4 is 29.2 Å². The van der Waals surface area contributed by atoms with Crippen molar-refractivity contribution in [2.75, 3.05) is 37.4 Å². The van der Waals surface area contributed by atoms with E-state index in [9.17, 15) is 32.7 Å². The third kappa shape index (κ3) is 8.21. The van der Waals surface area contributed by atoms with E-state index in [-0.39, 0.29) is 50.2 Å². The summed E-state index contributed by atoms with van der Waals surface area (Å²) in [6.45, 7) is 3.48. The van der Waals surface area contributed by atoms with Gasteiger partial charge in [0.2, 0.25) is 11.8 Å². The average Bonchev–Trinajstić information content (AvgIpc) is 3.49. The van der Waals surface area contributed by atoms with E-state index in [0.717, 1.165) is 12.1 Å². The van der Waals surface area contributed by atoms with Crippen molar-refractivity contribution in [3.05, 3.63) is 59.9 Å². The number of aliphatic hydroxyl groups is 1. The fourth-order valence-electron chi connectivity index (χ4n) is 4.64. The van der Waals surface area contributed by atoms with Crippen molar-refractivity contribution in [1.29, 1.82) is 0 Å². The second-order valence-corrected chi connectivity index (χ2v) is 10.7. The van der Waals surface area contributed by atoms with E-state index in [2.05, 4.69) is 26.2 Å². The summed E-state index contributed by atoms with van der Waals surface area (Å²) >= 11 is 0. The molecule has 0 aliphatic carbocycles. The topological polar surface area (TPSA) is 155 Å². The molecular weight excluding hydrogens is 585 g/mol. The highest BCUT2D eigenvalue weighted by Gasteiger charge is 2.32. The number of halogens is 3. The fourth-order valence-corrected chi connectivity index (χ4v) is 4.64. The van der Waals surface area contributed by atoms with Gasteiger partial charge in [-0.05, 0) is 59.8 Å². The quantitative estimate of drug-likeness (QED) is 0.348. The van der Waals surface area contributed by atoms with E-state index in [4.69, 9.17) is 4.74 Å². The first-order valence-electron chi connectivity index (χ1n) is 13.7. The number of fused-ring (bicyclic) bond motifs is 1. The Bertz CT molecular complexity index is 1450. The summed E-state index contributed by atoms with van der Waals surface area (Å²) in [6, 6.07) is 7.91. The smallest absolute Gasteiger partial charge is 0.416 e. The fraction of sp³-hybridized carbons (Fsp3) is 0.429. The minimum absolute atomic E-state index is 0.0625. The highest BCUT2D eigenvalue weighted by molar-refractivity contribution is 5.91.